The molecule has 1 aromatic carbocycles. The Morgan fingerprint density at radius 2 is 2.14 bits per heavy atom. The van der Waals surface area contributed by atoms with Crippen molar-refractivity contribution in [1.29, 1.82) is 0 Å². The molecule has 1 heterocycles. The van der Waals surface area contributed by atoms with Crippen LogP contribution in [-0.4, -0.2) is 37.9 Å². The van der Waals surface area contributed by atoms with Crippen LogP contribution in [0.15, 0.2) is 23.1 Å². The highest BCUT2D eigenvalue weighted by Crippen LogP contribution is 2.28. The molecule has 1 saturated heterocycles. The fourth-order valence-electron chi connectivity index (χ4n) is 2.54. The predicted molar refractivity (Wildman–Crippen MR) is 84.4 cm³/mol. The fraction of sp³-hybridized carbons (Fsp3) is 0.533. The van der Waals surface area contributed by atoms with Crippen molar-refractivity contribution in [2.45, 2.75) is 44.0 Å². The van der Waals surface area contributed by atoms with E-state index in [4.69, 9.17) is 16.3 Å². The van der Waals surface area contributed by atoms with E-state index < -0.39 is 22.0 Å². The van der Waals surface area contributed by atoms with Crippen molar-refractivity contribution in [3.8, 4) is 0 Å². The quantitative estimate of drug-likeness (QED) is 0.787. The molecule has 1 aliphatic rings. The van der Waals surface area contributed by atoms with Gasteiger partial charge in [0.15, 0.2) is 0 Å². The summed E-state index contributed by atoms with van der Waals surface area (Å²) in [6.45, 7) is 4.07. The van der Waals surface area contributed by atoms with Crippen LogP contribution in [0.3, 0.4) is 0 Å². The number of hydrogen-bond acceptors (Lipinski definition) is 4. The summed E-state index contributed by atoms with van der Waals surface area (Å²) in [6.07, 6.45) is 2.02. The van der Waals surface area contributed by atoms with Crippen molar-refractivity contribution in [3.05, 3.63) is 28.8 Å². The molecule has 1 aromatic rings. The average molecular weight is 346 g/mol. The number of piperidine rings is 1. The van der Waals surface area contributed by atoms with E-state index in [1.165, 1.54) is 16.4 Å². The molecular formula is C15H20ClNO4S. The Balaban J connectivity index is 2.36. The molecular weight excluding hydrogens is 326 g/mol. The first-order valence-electron chi connectivity index (χ1n) is 7.32. The van der Waals surface area contributed by atoms with Gasteiger partial charge in [0.2, 0.25) is 10.0 Å². The first-order valence-corrected chi connectivity index (χ1v) is 9.14. The number of rotatable bonds is 4. The maximum atomic E-state index is 12.8. The summed E-state index contributed by atoms with van der Waals surface area (Å²) >= 11 is 6.03. The molecule has 0 aliphatic carbocycles. The minimum Gasteiger partial charge on any atom is -0.465 e. The number of esters is 1. The second-order valence-electron chi connectivity index (χ2n) is 5.29. The van der Waals surface area contributed by atoms with E-state index in [0.717, 1.165) is 18.4 Å². The van der Waals surface area contributed by atoms with Crippen LogP contribution < -0.4 is 0 Å². The second-order valence-corrected chi connectivity index (χ2v) is 7.59. The fourth-order valence-corrected chi connectivity index (χ4v) is 4.45. The molecule has 5 nitrogen and oxygen atoms in total. The minimum absolute atomic E-state index is 0.110. The number of carbonyl (C=O) groups excluding carboxylic acids is 1. The van der Waals surface area contributed by atoms with E-state index in [-0.39, 0.29) is 11.5 Å². The molecule has 0 bridgehead atoms. The van der Waals surface area contributed by atoms with Gasteiger partial charge in [-0.25, -0.2) is 8.42 Å². The number of sulfonamides is 1. The van der Waals surface area contributed by atoms with Crippen LogP contribution >= 0.6 is 11.6 Å². The van der Waals surface area contributed by atoms with Crippen molar-refractivity contribution in [2.24, 2.45) is 0 Å². The average Bonchev–Trinajstić information content (AvgIpc) is 2.50. The number of carbonyl (C=O) groups is 1. The first-order chi connectivity index (χ1) is 10.4. The Bertz CT molecular complexity index is 660. The highest BCUT2D eigenvalue weighted by Gasteiger charge is 2.38. The molecule has 0 saturated carbocycles. The normalized spacial score (nSPS) is 19.9. The molecule has 2 rings (SSSR count). The Morgan fingerprint density at radius 3 is 2.77 bits per heavy atom. The van der Waals surface area contributed by atoms with Gasteiger partial charge in [-0.15, -0.1) is 0 Å². The lowest BCUT2D eigenvalue weighted by molar-refractivity contribution is -0.148. The van der Waals surface area contributed by atoms with Gasteiger partial charge in [0.1, 0.15) is 6.04 Å². The SMILES string of the molecule is CCOC(=O)C1CCCCN1S(=O)(=O)c1ccc(C)c(Cl)c1. The zero-order valence-electron chi connectivity index (χ0n) is 12.7. The van der Waals surface area contributed by atoms with Crippen molar-refractivity contribution in [1.82, 2.24) is 4.31 Å². The number of nitrogens with zero attached hydrogens (tertiary/aromatic N) is 1. The molecule has 1 fully saturated rings. The summed E-state index contributed by atoms with van der Waals surface area (Å²) in [5, 5.41) is 0.394. The zero-order valence-corrected chi connectivity index (χ0v) is 14.3. The molecule has 0 radical (unpaired) electrons. The number of halogens is 1. The van der Waals surface area contributed by atoms with Crippen molar-refractivity contribution >= 4 is 27.6 Å². The molecule has 0 aromatic heterocycles. The summed E-state index contributed by atoms with van der Waals surface area (Å²) in [6, 6.07) is 3.87. The molecule has 122 valence electrons. The van der Waals surface area contributed by atoms with Crippen LogP contribution in [0.25, 0.3) is 0 Å². The van der Waals surface area contributed by atoms with E-state index in [0.29, 0.717) is 18.0 Å². The van der Waals surface area contributed by atoms with Crippen molar-refractivity contribution in [2.75, 3.05) is 13.2 Å². The van der Waals surface area contributed by atoms with Gasteiger partial charge in [0, 0.05) is 11.6 Å². The Labute approximate surface area is 136 Å². The largest absolute Gasteiger partial charge is 0.465 e. The molecule has 7 heteroatoms. The number of ether oxygens (including phenoxy) is 1. The first kappa shape index (κ1) is 17.2. The van der Waals surface area contributed by atoms with Crippen molar-refractivity contribution in [3.63, 3.8) is 0 Å². The van der Waals surface area contributed by atoms with E-state index in [1.807, 2.05) is 0 Å². The third-order valence-corrected chi connectivity index (χ3v) is 6.07. The van der Waals surface area contributed by atoms with Crippen LogP contribution in [0.5, 0.6) is 0 Å². The maximum Gasteiger partial charge on any atom is 0.324 e. The van der Waals surface area contributed by atoms with Gasteiger partial charge in [0.25, 0.3) is 0 Å². The monoisotopic (exact) mass is 345 g/mol. The molecule has 1 unspecified atom stereocenters. The second kappa shape index (κ2) is 6.98. The Morgan fingerprint density at radius 1 is 1.41 bits per heavy atom. The van der Waals surface area contributed by atoms with E-state index in [1.54, 1.807) is 19.9 Å². The topological polar surface area (TPSA) is 63.7 Å². The van der Waals surface area contributed by atoms with Gasteiger partial charge >= 0.3 is 5.97 Å². The molecule has 1 atom stereocenters. The Hall–Kier alpha value is -1.11. The van der Waals surface area contributed by atoms with Gasteiger partial charge in [-0.2, -0.15) is 4.31 Å². The van der Waals surface area contributed by atoms with Gasteiger partial charge in [0.05, 0.1) is 11.5 Å². The van der Waals surface area contributed by atoms with Crippen molar-refractivity contribution < 1.29 is 17.9 Å². The van der Waals surface area contributed by atoms with E-state index >= 15 is 0 Å². The number of hydrogen-bond donors (Lipinski definition) is 0. The molecule has 1 aliphatic heterocycles. The van der Waals surface area contributed by atoms with Gasteiger partial charge in [-0.1, -0.05) is 17.7 Å². The third kappa shape index (κ3) is 3.45. The van der Waals surface area contributed by atoms with Gasteiger partial charge < -0.3 is 4.74 Å². The summed E-state index contributed by atoms with van der Waals surface area (Å²) in [5.41, 5.74) is 0.807. The van der Waals surface area contributed by atoms with Gasteiger partial charge in [-0.05, 0) is 50.8 Å². The minimum atomic E-state index is -3.77. The summed E-state index contributed by atoms with van der Waals surface area (Å²) in [7, 11) is -3.77. The zero-order chi connectivity index (χ0) is 16.3. The van der Waals surface area contributed by atoms with Crippen LogP contribution in [0, 0.1) is 6.92 Å². The van der Waals surface area contributed by atoms with Crippen LogP contribution in [0.1, 0.15) is 31.7 Å². The highest BCUT2D eigenvalue weighted by molar-refractivity contribution is 7.89. The van der Waals surface area contributed by atoms with Crippen LogP contribution in [-0.2, 0) is 19.6 Å². The summed E-state index contributed by atoms with van der Waals surface area (Å²) in [4.78, 5) is 12.2. The molecule has 0 N–H and O–H groups in total. The van der Waals surface area contributed by atoms with E-state index in [9.17, 15) is 13.2 Å². The third-order valence-electron chi connectivity index (χ3n) is 3.76. The predicted octanol–water partition coefficient (Wildman–Crippen LogP) is 2.75. The number of aryl methyl sites for hydroxylation is 1. The lowest BCUT2D eigenvalue weighted by Gasteiger charge is -2.33. The summed E-state index contributed by atoms with van der Waals surface area (Å²) in [5.74, 6) is -0.482. The lowest BCUT2D eigenvalue weighted by atomic mass is 10.1. The maximum absolute atomic E-state index is 12.8. The van der Waals surface area contributed by atoms with Crippen LogP contribution in [0.2, 0.25) is 5.02 Å². The van der Waals surface area contributed by atoms with Gasteiger partial charge in [-0.3, -0.25) is 4.79 Å². The Kier molecular flexibility index (Phi) is 5.47. The molecule has 22 heavy (non-hydrogen) atoms. The highest BCUT2D eigenvalue weighted by atomic mass is 35.5. The number of benzene rings is 1. The molecule has 0 spiro atoms. The lowest BCUT2D eigenvalue weighted by Crippen LogP contribution is -2.48. The summed E-state index contributed by atoms with van der Waals surface area (Å²) < 4.78 is 31.9. The standard InChI is InChI=1S/C15H20ClNO4S/c1-3-21-15(18)14-6-4-5-9-17(14)22(19,20)12-8-7-11(2)13(16)10-12/h7-8,10,14H,3-6,9H2,1-2H3. The van der Waals surface area contributed by atoms with Crippen LogP contribution in [0.4, 0.5) is 0 Å². The molecule has 0 amide bonds. The smallest absolute Gasteiger partial charge is 0.324 e. The van der Waals surface area contributed by atoms with E-state index in [2.05, 4.69) is 0 Å².